The zero-order chi connectivity index (χ0) is 15.1. The molecule has 20 heavy (non-hydrogen) atoms. The van der Waals surface area contributed by atoms with E-state index < -0.39 is 29.8 Å². The summed E-state index contributed by atoms with van der Waals surface area (Å²) in [6.07, 6.45) is -0.327. The Hall–Kier alpha value is -2.64. The number of carbonyl (C=O) groups excluding carboxylic acids is 2. The molecule has 0 aliphatic carbocycles. The predicted octanol–water partition coefficient (Wildman–Crippen LogP) is 0.666. The number of carboxylic acids is 1. The van der Waals surface area contributed by atoms with Gasteiger partial charge >= 0.3 is 12.0 Å². The molecule has 0 heterocycles. The van der Waals surface area contributed by atoms with Gasteiger partial charge < -0.3 is 21.5 Å². The molecule has 0 radical (unpaired) electrons. The predicted molar refractivity (Wildman–Crippen MR) is 68.4 cm³/mol. The third-order valence-corrected chi connectivity index (χ3v) is 2.40. The molecule has 0 spiro atoms. The molecule has 0 saturated heterocycles. The van der Waals surface area contributed by atoms with Gasteiger partial charge in [0.15, 0.2) is 0 Å². The fourth-order valence-electron chi connectivity index (χ4n) is 1.42. The molecule has 3 amide bonds. The number of urea groups is 1. The van der Waals surface area contributed by atoms with Crippen LogP contribution < -0.4 is 16.4 Å². The molecule has 1 aromatic carbocycles. The van der Waals surface area contributed by atoms with Crippen LogP contribution >= 0.6 is 0 Å². The minimum Gasteiger partial charge on any atom is -0.480 e. The van der Waals surface area contributed by atoms with Crippen LogP contribution in [-0.4, -0.2) is 29.1 Å². The second-order valence-corrected chi connectivity index (χ2v) is 3.97. The second-order valence-electron chi connectivity index (χ2n) is 3.97. The van der Waals surface area contributed by atoms with Gasteiger partial charge in [-0.3, -0.25) is 4.79 Å². The van der Waals surface area contributed by atoms with Crippen LogP contribution in [0.3, 0.4) is 0 Å². The Kier molecular flexibility index (Phi) is 5.45. The summed E-state index contributed by atoms with van der Waals surface area (Å²) < 4.78 is 13.3. The zero-order valence-electron chi connectivity index (χ0n) is 10.4. The Bertz CT molecular complexity index is 521. The number of hydrogen-bond acceptors (Lipinski definition) is 3. The van der Waals surface area contributed by atoms with Gasteiger partial charge in [-0.05, 0) is 18.6 Å². The number of halogens is 1. The molecular weight excluding hydrogens is 269 g/mol. The summed E-state index contributed by atoms with van der Waals surface area (Å²) in [6, 6.07) is 3.28. The van der Waals surface area contributed by atoms with Crippen LogP contribution in [0.1, 0.15) is 12.8 Å². The SMILES string of the molecule is NC(=O)CCC(NC(=O)Nc1ccccc1F)C(=O)O. The van der Waals surface area contributed by atoms with Crippen molar-refractivity contribution in [2.75, 3.05) is 5.32 Å². The van der Waals surface area contributed by atoms with Crippen molar-refractivity contribution >= 4 is 23.6 Å². The Balaban J connectivity index is 2.60. The molecule has 1 atom stereocenters. The molecule has 0 fully saturated rings. The molecule has 7 nitrogen and oxygen atoms in total. The first-order chi connectivity index (χ1) is 9.40. The van der Waals surface area contributed by atoms with E-state index in [1.54, 1.807) is 0 Å². The zero-order valence-corrected chi connectivity index (χ0v) is 10.4. The van der Waals surface area contributed by atoms with Crippen molar-refractivity contribution < 1.29 is 23.9 Å². The van der Waals surface area contributed by atoms with E-state index in [2.05, 4.69) is 10.6 Å². The lowest BCUT2D eigenvalue weighted by Crippen LogP contribution is -2.43. The standard InChI is InChI=1S/C12H14FN3O4/c13-7-3-1-2-4-8(7)15-12(20)16-9(11(18)19)5-6-10(14)17/h1-4,9H,5-6H2,(H2,14,17)(H,18,19)(H2,15,16,20). The minimum atomic E-state index is -1.31. The van der Waals surface area contributed by atoms with Gasteiger partial charge in [-0.25, -0.2) is 14.0 Å². The van der Waals surface area contributed by atoms with Crippen molar-refractivity contribution in [2.45, 2.75) is 18.9 Å². The summed E-state index contributed by atoms with van der Waals surface area (Å²) in [5.74, 6) is -2.63. The molecule has 5 N–H and O–H groups in total. The number of benzene rings is 1. The van der Waals surface area contributed by atoms with Crippen LogP contribution in [0.4, 0.5) is 14.9 Å². The number of nitrogens with one attached hydrogen (secondary N) is 2. The first-order valence-corrected chi connectivity index (χ1v) is 5.73. The van der Waals surface area contributed by atoms with Gasteiger partial charge in [0.2, 0.25) is 5.91 Å². The van der Waals surface area contributed by atoms with Crippen LogP contribution in [-0.2, 0) is 9.59 Å². The van der Waals surface area contributed by atoms with Crippen molar-refractivity contribution in [1.82, 2.24) is 5.32 Å². The third kappa shape index (κ3) is 4.92. The van der Waals surface area contributed by atoms with E-state index in [1.165, 1.54) is 18.2 Å². The Morgan fingerprint density at radius 1 is 1.30 bits per heavy atom. The fraction of sp³-hybridized carbons (Fsp3) is 0.250. The van der Waals surface area contributed by atoms with Crippen molar-refractivity contribution in [1.29, 1.82) is 0 Å². The molecule has 108 valence electrons. The average Bonchev–Trinajstić information content (AvgIpc) is 2.36. The van der Waals surface area contributed by atoms with Crippen LogP contribution in [0.25, 0.3) is 0 Å². The lowest BCUT2D eigenvalue weighted by Gasteiger charge is -2.14. The molecule has 0 aromatic heterocycles. The number of hydrogen-bond donors (Lipinski definition) is 4. The number of carboxylic acid groups (broad SMARTS) is 1. The first kappa shape index (κ1) is 15.4. The van der Waals surface area contributed by atoms with Crippen LogP contribution in [0.2, 0.25) is 0 Å². The highest BCUT2D eigenvalue weighted by Gasteiger charge is 2.20. The first-order valence-electron chi connectivity index (χ1n) is 5.73. The highest BCUT2D eigenvalue weighted by molar-refractivity contribution is 5.92. The Labute approximate surface area is 114 Å². The lowest BCUT2D eigenvalue weighted by molar-refractivity contribution is -0.139. The quantitative estimate of drug-likeness (QED) is 0.612. The largest absolute Gasteiger partial charge is 0.480 e. The molecule has 0 saturated carbocycles. The van der Waals surface area contributed by atoms with E-state index >= 15 is 0 Å². The molecule has 0 bridgehead atoms. The molecule has 1 unspecified atom stereocenters. The van der Waals surface area contributed by atoms with Gasteiger partial charge in [0, 0.05) is 6.42 Å². The maximum atomic E-state index is 13.3. The van der Waals surface area contributed by atoms with Gasteiger partial charge in [0.05, 0.1) is 5.69 Å². The molecule has 1 rings (SSSR count). The Morgan fingerprint density at radius 3 is 2.50 bits per heavy atom. The highest BCUT2D eigenvalue weighted by atomic mass is 19.1. The number of nitrogens with two attached hydrogens (primary N) is 1. The normalized spacial score (nSPS) is 11.4. The van der Waals surface area contributed by atoms with Crippen molar-refractivity contribution in [2.24, 2.45) is 5.73 Å². The van der Waals surface area contributed by atoms with Gasteiger partial charge in [-0.2, -0.15) is 0 Å². The van der Waals surface area contributed by atoms with E-state index in [9.17, 15) is 18.8 Å². The summed E-state index contributed by atoms with van der Waals surface area (Å²) in [7, 11) is 0. The van der Waals surface area contributed by atoms with E-state index in [0.717, 1.165) is 6.07 Å². The fourth-order valence-corrected chi connectivity index (χ4v) is 1.42. The smallest absolute Gasteiger partial charge is 0.326 e. The molecule has 0 aliphatic rings. The van der Waals surface area contributed by atoms with E-state index in [4.69, 9.17) is 10.8 Å². The highest BCUT2D eigenvalue weighted by Crippen LogP contribution is 2.12. The van der Waals surface area contributed by atoms with Gasteiger partial charge in [0.1, 0.15) is 11.9 Å². The van der Waals surface area contributed by atoms with E-state index in [0.29, 0.717) is 0 Å². The maximum absolute atomic E-state index is 13.3. The Morgan fingerprint density at radius 2 is 1.95 bits per heavy atom. The minimum absolute atomic E-state index is 0.0796. The van der Waals surface area contributed by atoms with Gasteiger partial charge in [0.25, 0.3) is 0 Å². The van der Waals surface area contributed by atoms with E-state index in [-0.39, 0.29) is 18.5 Å². The van der Waals surface area contributed by atoms with Crippen LogP contribution in [0.15, 0.2) is 24.3 Å². The van der Waals surface area contributed by atoms with Crippen LogP contribution in [0, 0.1) is 5.82 Å². The number of rotatable bonds is 6. The van der Waals surface area contributed by atoms with Crippen molar-refractivity contribution in [3.63, 3.8) is 0 Å². The van der Waals surface area contributed by atoms with Crippen molar-refractivity contribution in [3.8, 4) is 0 Å². The summed E-state index contributed by atoms with van der Waals surface area (Å²) >= 11 is 0. The van der Waals surface area contributed by atoms with Gasteiger partial charge in [-0.1, -0.05) is 12.1 Å². The van der Waals surface area contributed by atoms with Gasteiger partial charge in [-0.15, -0.1) is 0 Å². The number of amides is 3. The number of carbonyl (C=O) groups is 3. The van der Waals surface area contributed by atoms with Crippen LogP contribution in [0.5, 0.6) is 0 Å². The number of anilines is 1. The lowest BCUT2D eigenvalue weighted by atomic mass is 10.1. The average molecular weight is 283 g/mol. The van der Waals surface area contributed by atoms with Crippen molar-refractivity contribution in [3.05, 3.63) is 30.1 Å². The summed E-state index contributed by atoms with van der Waals surface area (Å²) in [5.41, 5.74) is 4.83. The number of primary amides is 1. The maximum Gasteiger partial charge on any atom is 0.326 e. The molecule has 1 aromatic rings. The monoisotopic (exact) mass is 283 g/mol. The summed E-state index contributed by atoms with van der Waals surface area (Å²) in [4.78, 5) is 33.1. The molecule has 0 aliphatic heterocycles. The molecular formula is C12H14FN3O4. The summed E-state index contributed by atoms with van der Waals surface area (Å²) in [5, 5.41) is 13.2. The third-order valence-electron chi connectivity index (χ3n) is 2.40. The number of para-hydroxylation sites is 1. The van der Waals surface area contributed by atoms with E-state index in [1.807, 2.05) is 0 Å². The topological polar surface area (TPSA) is 122 Å². The summed E-state index contributed by atoms with van der Waals surface area (Å²) in [6.45, 7) is 0. The number of aliphatic carboxylic acids is 1. The molecule has 8 heteroatoms. The second kappa shape index (κ2) is 7.07.